The van der Waals surface area contributed by atoms with Crippen LogP contribution in [0.2, 0.25) is 0 Å². The first kappa shape index (κ1) is 14.3. The number of nitrogens with two attached hydrogens (primary N) is 1. The number of hydrogen-bond acceptors (Lipinski definition) is 3. The number of nitrogen functional groups attached to an aromatic ring is 1. The second kappa shape index (κ2) is 5.09. The first-order chi connectivity index (χ1) is 9.31. The van der Waals surface area contributed by atoms with Crippen molar-refractivity contribution in [2.45, 2.75) is 0 Å². The lowest BCUT2D eigenvalue weighted by Gasteiger charge is -2.04. The highest BCUT2D eigenvalue weighted by Gasteiger charge is 2.19. The molecule has 0 radical (unpaired) electrons. The van der Waals surface area contributed by atoms with Crippen molar-refractivity contribution in [2.24, 2.45) is 7.05 Å². The maximum absolute atomic E-state index is 13.3. The number of nitrogens with zero attached hydrogens (tertiary/aromatic N) is 1. The molecule has 0 saturated heterocycles. The number of aryl methyl sites for hydroxylation is 1. The van der Waals surface area contributed by atoms with Crippen LogP contribution in [0.1, 0.15) is 26.4 Å². The summed E-state index contributed by atoms with van der Waals surface area (Å²) in [4.78, 5) is 23.3. The largest absolute Gasteiger partial charge is 0.477 e. The van der Waals surface area contributed by atoms with Gasteiger partial charge in [-0.1, -0.05) is 0 Å². The SMILES string of the molecule is Cn1cc(C(=O)c2cc(N)c(F)cc2Br)cc1C(=O)O. The molecule has 3 N–H and O–H groups in total. The lowest BCUT2D eigenvalue weighted by atomic mass is 10.0. The van der Waals surface area contributed by atoms with Gasteiger partial charge in [0, 0.05) is 28.8 Å². The van der Waals surface area contributed by atoms with Crippen LogP contribution in [0.4, 0.5) is 10.1 Å². The van der Waals surface area contributed by atoms with Crippen LogP contribution in [0.25, 0.3) is 0 Å². The molecule has 0 amide bonds. The van der Waals surface area contributed by atoms with Gasteiger partial charge in [0.2, 0.25) is 0 Å². The molecule has 0 aliphatic heterocycles. The number of halogens is 2. The molecule has 20 heavy (non-hydrogen) atoms. The van der Waals surface area contributed by atoms with Crippen molar-refractivity contribution in [3.63, 3.8) is 0 Å². The van der Waals surface area contributed by atoms with Gasteiger partial charge in [-0.15, -0.1) is 0 Å². The number of aromatic carboxylic acids is 1. The van der Waals surface area contributed by atoms with Gasteiger partial charge in [-0.05, 0) is 34.1 Å². The third-order valence-corrected chi connectivity index (χ3v) is 3.47. The molecule has 0 aliphatic rings. The van der Waals surface area contributed by atoms with Crippen LogP contribution in [-0.4, -0.2) is 21.4 Å². The van der Waals surface area contributed by atoms with Gasteiger partial charge < -0.3 is 15.4 Å². The number of aromatic nitrogens is 1. The minimum atomic E-state index is -1.13. The van der Waals surface area contributed by atoms with Crippen molar-refractivity contribution >= 4 is 33.4 Å². The van der Waals surface area contributed by atoms with Gasteiger partial charge in [-0.3, -0.25) is 4.79 Å². The van der Waals surface area contributed by atoms with Crippen LogP contribution in [0.5, 0.6) is 0 Å². The number of carbonyl (C=O) groups excluding carboxylic acids is 1. The molecule has 2 aromatic rings. The highest BCUT2D eigenvalue weighted by Crippen LogP contribution is 2.25. The second-order valence-electron chi connectivity index (χ2n) is 4.21. The third-order valence-electron chi connectivity index (χ3n) is 2.82. The van der Waals surface area contributed by atoms with Crippen LogP contribution in [0.3, 0.4) is 0 Å². The van der Waals surface area contributed by atoms with E-state index >= 15 is 0 Å². The molecule has 0 unspecified atom stereocenters. The summed E-state index contributed by atoms with van der Waals surface area (Å²) in [5.41, 5.74) is 5.64. The first-order valence-corrected chi connectivity index (χ1v) is 6.29. The van der Waals surface area contributed by atoms with E-state index in [1.54, 1.807) is 0 Å². The van der Waals surface area contributed by atoms with Gasteiger partial charge in [0.1, 0.15) is 11.5 Å². The Labute approximate surface area is 121 Å². The fourth-order valence-corrected chi connectivity index (χ4v) is 2.29. The maximum Gasteiger partial charge on any atom is 0.352 e. The van der Waals surface area contributed by atoms with Gasteiger partial charge in [0.05, 0.1) is 5.69 Å². The number of carbonyl (C=O) groups is 2. The Kier molecular flexibility index (Phi) is 3.63. The molecule has 0 aliphatic carbocycles. The summed E-state index contributed by atoms with van der Waals surface area (Å²) in [5.74, 6) is -2.20. The van der Waals surface area contributed by atoms with Gasteiger partial charge in [0.15, 0.2) is 5.78 Å². The van der Waals surface area contributed by atoms with E-state index in [-0.39, 0.29) is 27.0 Å². The van der Waals surface area contributed by atoms with Gasteiger partial charge in [-0.25, -0.2) is 9.18 Å². The molecule has 7 heteroatoms. The van der Waals surface area contributed by atoms with E-state index in [0.717, 1.165) is 6.07 Å². The molecular weight excluding hydrogens is 331 g/mol. The summed E-state index contributed by atoms with van der Waals surface area (Å²) in [6.45, 7) is 0. The Bertz CT molecular complexity index is 725. The molecule has 0 bridgehead atoms. The summed E-state index contributed by atoms with van der Waals surface area (Å²) < 4.78 is 14.8. The zero-order valence-electron chi connectivity index (χ0n) is 10.4. The third kappa shape index (κ3) is 2.44. The van der Waals surface area contributed by atoms with Crippen LogP contribution < -0.4 is 5.73 Å². The highest BCUT2D eigenvalue weighted by atomic mass is 79.9. The van der Waals surface area contributed by atoms with Crippen molar-refractivity contribution in [1.82, 2.24) is 4.57 Å². The zero-order chi connectivity index (χ0) is 15.0. The van der Waals surface area contributed by atoms with Gasteiger partial charge >= 0.3 is 5.97 Å². The Morgan fingerprint density at radius 3 is 2.55 bits per heavy atom. The van der Waals surface area contributed by atoms with E-state index in [2.05, 4.69) is 15.9 Å². The van der Waals surface area contributed by atoms with Crippen molar-refractivity contribution in [2.75, 3.05) is 5.73 Å². The molecule has 1 aromatic carbocycles. The number of carboxylic acids is 1. The van der Waals surface area contributed by atoms with Gasteiger partial charge in [-0.2, -0.15) is 0 Å². The number of ketones is 1. The summed E-state index contributed by atoms with van der Waals surface area (Å²) >= 11 is 3.09. The maximum atomic E-state index is 13.3. The van der Waals surface area contributed by atoms with E-state index in [4.69, 9.17) is 10.8 Å². The van der Waals surface area contributed by atoms with Crippen LogP contribution >= 0.6 is 15.9 Å². The molecule has 0 fully saturated rings. The van der Waals surface area contributed by atoms with Crippen LogP contribution in [0, 0.1) is 5.82 Å². The quantitative estimate of drug-likeness (QED) is 0.663. The predicted molar refractivity (Wildman–Crippen MR) is 74.3 cm³/mol. The molecule has 1 heterocycles. The smallest absolute Gasteiger partial charge is 0.352 e. The number of carboxylic acid groups (broad SMARTS) is 1. The molecule has 5 nitrogen and oxygen atoms in total. The molecule has 2 rings (SSSR count). The van der Waals surface area contributed by atoms with Crippen molar-refractivity contribution < 1.29 is 19.1 Å². The number of benzene rings is 1. The van der Waals surface area contributed by atoms with E-state index in [9.17, 15) is 14.0 Å². The molecule has 0 atom stereocenters. The predicted octanol–water partition coefficient (Wildman–Crippen LogP) is 2.44. The van der Waals surface area contributed by atoms with E-state index in [0.29, 0.717) is 0 Å². The lowest BCUT2D eigenvalue weighted by molar-refractivity contribution is 0.0686. The van der Waals surface area contributed by atoms with Crippen molar-refractivity contribution in [3.05, 3.63) is 51.5 Å². The summed E-state index contributed by atoms with van der Waals surface area (Å²) in [6, 6.07) is 3.58. The summed E-state index contributed by atoms with van der Waals surface area (Å²) in [5, 5.41) is 8.96. The van der Waals surface area contributed by atoms with Crippen molar-refractivity contribution in [1.29, 1.82) is 0 Å². The highest BCUT2D eigenvalue weighted by molar-refractivity contribution is 9.10. The topological polar surface area (TPSA) is 85.3 Å². The van der Waals surface area contributed by atoms with E-state index in [1.165, 1.54) is 29.9 Å². The van der Waals surface area contributed by atoms with Crippen LogP contribution in [-0.2, 0) is 7.05 Å². The Morgan fingerprint density at radius 2 is 2.00 bits per heavy atom. The molecule has 0 spiro atoms. The lowest BCUT2D eigenvalue weighted by Crippen LogP contribution is -2.04. The standard InChI is InChI=1S/C13H10BrFN2O3/c1-17-5-6(2-11(17)13(19)20)12(18)7-3-10(16)9(15)4-8(7)14/h2-5H,16H2,1H3,(H,19,20). The average Bonchev–Trinajstić information content (AvgIpc) is 2.75. The average molecular weight is 341 g/mol. The van der Waals surface area contributed by atoms with E-state index in [1.807, 2.05) is 0 Å². The molecule has 1 aromatic heterocycles. The van der Waals surface area contributed by atoms with Crippen LogP contribution in [0.15, 0.2) is 28.9 Å². The molecule has 104 valence electrons. The molecule has 0 saturated carbocycles. The van der Waals surface area contributed by atoms with Gasteiger partial charge in [0.25, 0.3) is 0 Å². The Balaban J connectivity index is 2.49. The summed E-state index contributed by atoms with van der Waals surface area (Å²) in [7, 11) is 1.52. The van der Waals surface area contributed by atoms with E-state index < -0.39 is 17.6 Å². The minimum Gasteiger partial charge on any atom is -0.477 e. The van der Waals surface area contributed by atoms with Crippen molar-refractivity contribution in [3.8, 4) is 0 Å². The number of anilines is 1. The Morgan fingerprint density at radius 1 is 1.35 bits per heavy atom. The zero-order valence-corrected chi connectivity index (χ0v) is 11.9. The minimum absolute atomic E-state index is 0.0143. The monoisotopic (exact) mass is 340 g/mol. The Hall–Kier alpha value is -2.15. The molecular formula is C13H10BrFN2O3. The normalized spacial score (nSPS) is 10.6. The number of rotatable bonds is 3. The first-order valence-electron chi connectivity index (χ1n) is 5.50. The second-order valence-corrected chi connectivity index (χ2v) is 5.07. The fourth-order valence-electron chi connectivity index (χ4n) is 1.80. The fraction of sp³-hybridized carbons (Fsp3) is 0.0769. The summed E-state index contributed by atoms with van der Waals surface area (Å²) in [6.07, 6.45) is 1.40. The number of hydrogen-bond donors (Lipinski definition) is 2.